The van der Waals surface area contributed by atoms with E-state index in [2.05, 4.69) is 101 Å². The molecule has 0 spiro atoms. The van der Waals surface area contributed by atoms with Crippen LogP contribution >= 0.6 is 23.5 Å². The van der Waals surface area contributed by atoms with Gasteiger partial charge in [-0.15, -0.1) is 11.8 Å². The van der Waals surface area contributed by atoms with Crippen LogP contribution in [-0.2, 0) is 0 Å². The molecule has 3 aromatic carbocycles. The number of thioether (sulfide) groups is 2. The van der Waals surface area contributed by atoms with E-state index in [0.717, 1.165) is 0 Å². The van der Waals surface area contributed by atoms with Crippen LogP contribution in [0.4, 0.5) is 0 Å². The van der Waals surface area contributed by atoms with Gasteiger partial charge in [0, 0.05) is 4.91 Å². The molecule has 0 N–H and O–H groups in total. The fourth-order valence-electron chi connectivity index (χ4n) is 2.30. The van der Waals surface area contributed by atoms with Crippen LogP contribution in [0.2, 0.25) is 0 Å². The second-order valence-corrected chi connectivity index (χ2v) is 7.26. The van der Waals surface area contributed by atoms with Gasteiger partial charge in [0.1, 0.15) is 0 Å². The lowest BCUT2D eigenvalue weighted by Gasteiger charge is -2.04. The summed E-state index contributed by atoms with van der Waals surface area (Å²) in [6.45, 7) is 0. The van der Waals surface area contributed by atoms with Crippen LogP contribution in [0.25, 0.3) is 17.1 Å². The van der Waals surface area contributed by atoms with Gasteiger partial charge in [0.2, 0.25) is 0 Å². The molecule has 0 heterocycles. The highest BCUT2D eigenvalue weighted by Gasteiger charge is 1.99. The average Bonchev–Trinajstić information content (AvgIpc) is 2.72. The fourth-order valence-corrected chi connectivity index (χ4v) is 3.91. The van der Waals surface area contributed by atoms with Gasteiger partial charge in [0.05, 0.1) is 0 Å². The van der Waals surface area contributed by atoms with E-state index in [1.807, 2.05) is 18.2 Å². The highest BCUT2D eigenvalue weighted by Crippen LogP contribution is 2.31. The van der Waals surface area contributed by atoms with Crippen LogP contribution in [0, 0.1) is 0 Å². The van der Waals surface area contributed by atoms with E-state index in [4.69, 9.17) is 0 Å². The Labute approximate surface area is 164 Å². The minimum Gasteiger partial charge on any atom is -0.105 e. The fraction of sp³-hybridized carbons (Fsp3) is 0. The van der Waals surface area contributed by atoms with Gasteiger partial charge in [-0.05, 0) is 45.1 Å². The predicted molar refractivity (Wildman–Crippen MR) is 121 cm³/mol. The van der Waals surface area contributed by atoms with Gasteiger partial charge in [0.25, 0.3) is 0 Å². The highest BCUT2D eigenvalue weighted by molar-refractivity contribution is 8.13. The molecule has 3 aromatic rings. The summed E-state index contributed by atoms with van der Waals surface area (Å²) in [6.07, 6.45) is 4.28. The largest absolute Gasteiger partial charge is 0.105 e. The quantitative estimate of drug-likeness (QED) is 0.415. The van der Waals surface area contributed by atoms with Crippen LogP contribution in [0.15, 0.2) is 107 Å². The third-order valence-electron chi connectivity index (χ3n) is 3.63. The summed E-state index contributed by atoms with van der Waals surface area (Å²) in [5.41, 5.74) is 3.66. The molecule has 0 saturated heterocycles. The lowest BCUT2D eigenvalue weighted by Crippen LogP contribution is -1.76. The summed E-state index contributed by atoms with van der Waals surface area (Å²) in [7, 11) is 0. The Morgan fingerprint density at radius 3 is 1.65 bits per heavy atom. The van der Waals surface area contributed by atoms with E-state index < -0.39 is 0 Å². The zero-order chi connectivity index (χ0) is 17.9. The van der Waals surface area contributed by atoms with Crippen molar-refractivity contribution in [3.05, 3.63) is 124 Å². The molecule has 0 atom stereocenters. The number of rotatable bonds is 7. The molecule has 0 unspecified atom stereocenters. The van der Waals surface area contributed by atoms with Crippen molar-refractivity contribution in [3.8, 4) is 0 Å². The van der Waals surface area contributed by atoms with Gasteiger partial charge in [-0.3, -0.25) is 0 Å². The molecule has 0 amide bonds. The van der Waals surface area contributed by atoms with E-state index in [9.17, 15) is 0 Å². The van der Waals surface area contributed by atoms with Crippen LogP contribution in [-0.4, -0.2) is 0 Å². The second kappa shape index (κ2) is 10.5. The molecule has 0 nitrogen and oxygen atoms in total. The molecule has 3 rings (SSSR count). The van der Waals surface area contributed by atoms with Crippen molar-refractivity contribution in [2.24, 2.45) is 0 Å². The Morgan fingerprint density at radius 1 is 0.577 bits per heavy atom. The molecular weight excluding hydrogens is 352 g/mol. The zero-order valence-corrected chi connectivity index (χ0v) is 16.0. The van der Waals surface area contributed by atoms with Crippen molar-refractivity contribution in [1.82, 2.24) is 0 Å². The van der Waals surface area contributed by atoms with Crippen molar-refractivity contribution in [1.29, 1.82) is 0 Å². The maximum Gasteiger partial charge on any atom is 0.0255 e. The number of hydrogen-bond donors (Lipinski definition) is 0. The van der Waals surface area contributed by atoms with Crippen molar-refractivity contribution in [3.63, 3.8) is 0 Å². The normalized spacial score (nSPS) is 12.1. The van der Waals surface area contributed by atoms with Crippen LogP contribution in [0.3, 0.4) is 0 Å². The number of benzene rings is 3. The van der Waals surface area contributed by atoms with E-state index >= 15 is 0 Å². The molecule has 0 aromatic heterocycles. The monoisotopic (exact) mass is 372 g/mol. The van der Waals surface area contributed by atoms with Crippen molar-refractivity contribution < 1.29 is 0 Å². The Bertz CT molecular complexity index is 864. The maximum absolute atomic E-state index is 2.20. The molecule has 128 valence electrons. The summed E-state index contributed by atoms with van der Waals surface area (Å²) >= 11 is 3.44. The molecule has 0 radical (unpaired) electrons. The van der Waals surface area contributed by atoms with Crippen LogP contribution in [0.5, 0.6) is 0 Å². The topological polar surface area (TPSA) is 0 Å². The molecular formula is C24H20S2. The summed E-state index contributed by atoms with van der Waals surface area (Å²) in [5, 5.41) is 6.48. The third-order valence-corrected chi connectivity index (χ3v) is 5.32. The van der Waals surface area contributed by atoms with Crippen molar-refractivity contribution in [2.75, 3.05) is 0 Å². The molecule has 0 bridgehead atoms. The number of hydrogen-bond acceptors (Lipinski definition) is 2. The van der Waals surface area contributed by atoms with E-state index in [1.54, 1.807) is 23.5 Å². The minimum atomic E-state index is 1.21. The zero-order valence-electron chi connectivity index (χ0n) is 14.4. The summed E-state index contributed by atoms with van der Waals surface area (Å²) in [6, 6.07) is 31.2. The first kappa shape index (κ1) is 18.4. The molecule has 0 saturated carbocycles. The Hall–Kier alpha value is -2.42. The molecule has 0 fully saturated rings. The smallest absolute Gasteiger partial charge is 0.0255 e. The molecule has 0 aliphatic carbocycles. The Morgan fingerprint density at radius 2 is 1.08 bits per heavy atom. The van der Waals surface area contributed by atoms with Crippen molar-refractivity contribution >= 4 is 40.6 Å². The lowest BCUT2D eigenvalue weighted by atomic mass is 10.2. The molecule has 2 heteroatoms. The Kier molecular flexibility index (Phi) is 7.45. The van der Waals surface area contributed by atoms with Gasteiger partial charge in [-0.25, -0.2) is 0 Å². The first-order valence-corrected chi connectivity index (χ1v) is 10.2. The van der Waals surface area contributed by atoms with Gasteiger partial charge in [-0.1, -0.05) is 103 Å². The van der Waals surface area contributed by atoms with Crippen molar-refractivity contribution in [2.45, 2.75) is 0 Å². The van der Waals surface area contributed by atoms with Crippen LogP contribution < -0.4 is 0 Å². The first-order chi connectivity index (χ1) is 12.9. The predicted octanol–water partition coefficient (Wildman–Crippen LogP) is 7.79. The van der Waals surface area contributed by atoms with Gasteiger partial charge < -0.3 is 0 Å². The van der Waals surface area contributed by atoms with Gasteiger partial charge >= 0.3 is 0 Å². The lowest BCUT2D eigenvalue weighted by molar-refractivity contribution is 1.66. The third kappa shape index (κ3) is 6.14. The highest BCUT2D eigenvalue weighted by atomic mass is 32.2. The first-order valence-electron chi connectivity index (χ1n) is 8.43. The molecule has 26 heavy (non-hydrogen) atoms. The molecule has 0 aliphatic rings. The summed E-state index contributed by atoms with van der Waals surface area (Å²) < 4.78 is 0. The summed E-state index contributed by atoms with van der Waals surface area (Å²) in [5.74, 6) is 0. The SMILES string of the molecule is C(=C/c1ccccc1)/S/C=C(/S/C=C\c1ccccc1)c1ccccc1. The summed E-state index contributed by atoms with van der Waals surface area (Å²) in [4.78, 5) is 1.24. The van der Waals surface area contributed by atoms with Gasteiger partial charge in [-0.2, -0.15) is 0 Å². The Balaban J connectivity index is 1.69. The van der Waals surface area contributed by atoms with E-state index in [0.29, 0.717) is 0 Å². The standard InChI is InChI=1S/C24H20S2/c1-4-10-21(11-5-1)16-18-25-20-24(23-14-8-3-9-15-23)26-19-17-22-12-6-2-7-13-22/h1-20H/b18-16-,19-17-,24-20+. The van der Waals surface area contributed by atoms with Gasteiger partial charge in [0.15, 0.2) is 0 Å². The average molecular weight is 373 g/mol. The molecule has 0 aliphatic heterocycles. The van der Waals surface area contributed by atoms with Crippen LogP contribution in [0.1, 0.15) is 16.7 Å². The second-order valence-electron chi connectivity index (χ2n) is 5.53. The van der Waals surface area contributed by atoms with E-state index in [-0.39, 0.29) is 0 Å². The minimum absolute atomic E-state index is 1.21. The van der Waals surface area contributed by atoms with E-state index in [1.165, 1.54) is 21.6 Å². The maximum atomic E-state index is 2.20.